The molecule has 4 saturated carbocycles. The summed E-state index contributed by atoms with van der Waals surface area (Å²) in [5.41, 5.74) is 1.76. The van der Waals surface area contributed by atoms with Gasteiger partial charge in [0.2, 0.25) is 5.91 Å². The zero-order valence-corrected chi connectivity index (χ0v) is 22.2. The van der Waals surface area contributed by atoms with Crippen LogP contribution in [0.3, 0.4) is 0 Å². The van der Waals surface area contributed by atoms with Crippen molar-refractivity contribution < 1.29 is 9.59 Å². The first kappa shape index (κ1) is 24.5. The molecule has 2 heterocycles. The van der Waals surface area contributed by atoms with Gasteiger partial charge >= 0.3 is 0 Å². The van der Waals surface area contributed by atoms with Crippen LogP contribution in [0.2, 0.25) is 0 Å². The van der Waals surface area contributed by atoms with Crippen LogP contribution in [0.4, 0.5) is 0 Å². The topological polar surface area (TPSA) is 52.6 Å². The summed E-state index contributed by atoms with van der Waals surface area (Å²) < 4.78 is 0. The molecule has 36 heavy (non-hydrogen) atoms. The SMILES string of the molecule is CC1CCN(CC2CCCN(C(=O)c3ccc(CNC(=O)C45CC6CC(CC(C6)C4)C5)cc3)C2)CC1. The van der Waals surface area contributed by atoms with Crippen LogP contribution in [-0.4, -0.2) is 54.3 Å². The van der Waals surface area contributed by atoms with Crippen LogP contribution in [0.5, 0.6) is 0 Å². The minimum absolute atomic E-state index is 0.0953. The minimum atomic E-state index is -0.0953. The predicted molar refractivity (Wildman–Crippen MR) is 142 cm³/mol. The van der Waals surface area contributed by atoms with Gasteiger partial charge in [-0.1, -0.05) is 19.1 Å². The van der Waals surface area contributed by atoms with E-state index < -0.39 is 0 Å². The highest BCUT2D eigenvalue weighted by Gasteiger charge is 2.54. The highest BCUT2D eigenvalue weighted by molar-refractivity contribution is 5.94. The standard InChI is InChI=1S/C31H45N3O2/c1-22-8-11-33(12-9-22)20-24-3-2-10-34(21-24)29(35)28-6-4-23(5-7-28)19-32-30(36)31-16-25-13-26(17-31)15-27(14-25)18-31/h4-7,22,24-27H,2-3,8-21H2,1H3,(H,32,36). The molecule has 6 fully saturated rings. The van der Waals surface area contributed by atoms with Crippen molar-refractivity contribution in [2.75, 3.05) is 32.7 Å². The first-order chi connectivity index (χ1) is 17.5. The Bertz CT molecular complexity index is 914. The molecule has 2 aliphatic heterocycles. The van der Waals surface area contributed by atoms with Crippen molar-refractivity contribution in [3.63, 3.8) is 0 Å². The van der Waals surface area contributed by atoms with Gasteiger partial charge in [0.25, 0.3) is 5.91 Å². The Labute approximate surface area is 217 Å². The van der Waals surface area contributed by atoms with Crippen LogP contribution in [0.1, 0.15) is 87.1 Å². The quantitative estimate of drug-likeness (QED) is 0.602. The summed E-state index contributed by atoms with van der Waals surface area (Å²) in [6.45, 7) is 8.25. The summed E-state index contributed by atoms with van der Waals surface area (Å²) in [4.78, 5) is 31.2. The lowest BCUT2D eigenvalue weighted by Crippen LogP contribution is -2.53. The summed E-state index contributed by atoms with van der Waals surface area (Å²) in [5, 5.41) is 3.28. The maximum absolute atomic E-state index is 13.3. The molecule has 0 aromatic heterocycles. The molecular weight excluding hydrogens is 446 g/mol. The Kier molecular flexibility index (Phi) is 6.87. The Balaban J connectivity index is 1.00. The summed E-state index contributed by atoms with van der Waals surface area (Å²) in [6.07, 6.45) is 12.3. The molecular formula is C31H45N3O2. The van der Waals surface area contributed by atoms with E-state index in [2.05, 4.69) is 22.0 Å². The number of benzene rings is 1. The molecule has 0 spiro atoms. The first-order valence-electron chi connectivity index (χ1n) is 14.8. The second-order valence-corrected chi connectivity index (χ2v) is 13.3. The zero-order valence-electron chi connectivity index (χ0n) is 22.2. The van der Waals surface area contributed by atoms with E-state index in [0.717, 1.165) is 80.1 Å². The molecule has 1 N–H and O–H groups in total. The molecule has 196 valence electrons. The Hall–Kier alpha value is -1.88. The number of nitrogens with zero attached hydrogens (tertiary/aromatic N) is 2. The van der Waals surface area contributed by atoms with Gasteiger partial charge < -0.3 is 15.1 Å². The van der Waals surface area contributed by atoms with Gasteiger partial charge in [-0.25, -0.2) is 0 Å². The van der Waals surface area contributed by atoms with Gasteiger partial charge in [-0.3, -0.25) is 9.59 Å². The van der Waals surface area contributed by atoms with Crippen LogP contribution in [0, 0.1) is 35.0 Å². The van der Waals surface area contributed by atoms with E-state index >= 15 is 0 Å². The van der Waals surface area contributed by atoms with Crippen molar-refractivity contribution >= 4 is 11.8 Å². The molecule has 0 radical (unpaired) electrons. The van der Waals surface area contributed by atoms with Gasteiger partial charge in [0.1, 0.15) is 0 Å². The highest BCUT2D eigenvalue weighted by atomic mass is 16.2. The van der Waals surface area contributed by atoms with Crippen molar-refractivity contribution in [1.29, 1.82) is 0 Å². The molecule has 1 aromatic rings. The van der Waals surface area contributed by atoms with E-state index in [1.54, 1.807) is 0 Å². The van der Waals surface area contributed by atoms with E-state index in [1.165, 1.54) is 51.6 Å². The first-order valence-corrected chi connectivity index (χ1v) is 14.8. The molecule has 1 unspecified atom stereocenters. The molecule has 6 aliphatic rings. The Morgan fingerprint density at radius 3 is 2.19 bits per heavy atom. The summed E-state index contributed by atoms with van der Waals surface area (Å²) in [7, 11) is 0. The van der Waals surface area contributed by atoms with Crippen LogP contribution in [-0.2, 0) is 11.3 Å². The number of rotatable bonds is 6. The van der Waals surface area contributed by atoms with Crippen molar-refractivity contribution in [2.45, 2.75) is 77.7 Å². The monoisotopic (exact) mass is 491 g/mol. The fourth-order valence-electron chi connectivity index (χ4n) is 8.71. The lowest BCUT2D eigenvalue weighted by atomic mass is 9.49. The minimum Gasteiger partial charge on any atom is -0.352 e. The number of hydrogen-bond acceptors (Lipinski definition) is 3. The van der Waals surface area contributed by atoms with Gasteiger partial charge in [-0.05, 0) is 125 Å². The van der Waals surface area contributed by atoms with Crippen LogP contribution in [0.15, 0.2) is 24.3 Å². The second-order valence-electron chi connectivity index (χ2n) is 13.3. The van der Waals surface area contributed by atoms with Crippen molar-refractivity contribution in [3.8, 4) is 0 Å². The number of amides is 2. The smallest absolute Gasteiger partial charge is 0.253 e. The Morgan fingerprint density at radius 1 is 0.917 bits per heavy atom. The van der Waals surface area contributed by atoms with Gasteiger partial charge in [0.15, 0.2) is 0 Å². The maximum atomic E-state index is 13.3. The maximum Gasteiger partial charge on any atom is 0.253 e. The van der Waals surface area contributed by atoms with E-state index in [-0.39, 0.29) is 17.2 Å². The molecule has 4 aliphatic carbocycles. The van der Waals surface area contributed by atoms with E-state index in [9.17, 15) is 9.59 Å². The molecule has 2 amide bonds. The molecule has 1 atom stereocenters. The van der Waals surface area contributed by atoms with Gasteiger partial charge in [0.05, 0.1) is 0 Å². The number of hydrogen-bond donors (Lipinski definition) is 1. The van der Waals surface area contributed by atoms with Gasteiger partial charge in [-0.2, -0.15) is 0 Å². The molecule has 4 bridgehead atoms. The number of carbonyl (C=O) groups is 2. The third-order valence-corrected chi connectivity index (χ3v) is 10.4. The summed E-state index contributed by atoms with van der Waals surface area (Å²) in [6, 6.07) is 7.99. The predicted octanol–water partition coefficient (Wildman–Crippen LogP) is 5.10. The third kappa shape index (κ3) is 5.10. The second kappa shape index (κ2) is 10.1. The molecule has 2 saturated heterocycles. The lowest BCUT2D eigenvalue weighted by Gasteiger charge is -2.55. The molecule has 5 heteroatoms. The third-order valence-electron chi connectivity index (χ3n) is 10.4. The van der Waals surface area contributed by atoms with Crippen molar-refractivity contribution in [2.24, 2.45) is 35.0 Å². The average Bonchev–Trinajstić information content (AvgIpc) is 2.88. The average molecular weight is 492 g/mol. The number of likely N-dealkylation sites (tertiary alicyclic amines) is 2. The van der Waals surface area contributed by atoms with E-state index in [1.807, 2.05) is 24.3 Å². The largest absolute Gasteiger partial charge is 0.352 e. The number of nitrogens with one attached hydrogen (secondary N) is 1. The Morgan fingerprint density at radius 2 is 1.56 bits per heavy atom. The van der Waals surface area contributed by atoms with E-state index in [4.69, 9.17) is 0 Å². The number of carbonyl (C=O) groups excluding carboxylic acids is 2. The lowest BCUT2D eigenvalue weighted by molar-refractivity contribution is -0.146. The fourth-order valence-corrected chi connectivity index (χ4v) is 8.71. The molecule has 1 aromatic carbocycles. The van der Waals surface area contributed by atoms with Crippen LogP contribution in [0.25, 0.3) is 0 Å². The highest BCUT2D eigenvalue weighted by Crippen LogP contribution is 2.60. The van der Waals surface area contributed by atoms with Crippen LogP contribution < -0.4 is 5.32 Å². The summed E-state index contributed by atoms with van der Waals surface area (Å²) >= 11 is 0. The van der Waals surface area contributed by atoms with Crippen molar-refractivity contribution in [1.82, 2.24) is 15.1 Å². The zero-order chi connectivity index (χ0) is 24.7. The van der Waals surface area contributed by atoms with Gasteiger partial charge in [0, 0.05) is 37.2 Å². The van der Waals surface area contributed by atoms with Crippen molar-refractivity contribution in [3.05, 3.63) is 35.4 Å². The van der Waals surface area contributed by atoms with E-state index in [0.29, 0.717) is 12.5 Å². The molecule has 5 nitrogen and oxygen atoms in total. The number of piperidine rings is 2. The fraction of sp³-hybridized carbons (Fsp3) is 0.742. The molecule has 7 rings (SSSR count). The normalized spacial score (nSPS) is 34.6. The van der Waals surface area contributed by atoms with Crippen LogP contribution >= 0.6 is 0 Å². The summed E-state index contributed by atoms with van der Waals surface area (Å²) in [5.74, 6) is 4.25. The van der Waals surface area contributed by atoms with Gasteiger partial charge in [-0.15, -0.1) is 0 Å².